The molecule has 0 N–H and O–H groups in total. The van der Waals surface area contributed by atoms with Gasteiger partial charge in [-0.15, -0.1) is 0 Å². The minimum Gasteiger partial charge on any atom is -0.456 e. The van der Waals surface area contributed by atoms with E-state index in [0.29, 0.717) is 17.5 Å². The second kappa shape index (κ2) is 14.6. The van der Waals surface area contributed by atoms with Gasteiger partial charge in [0.25, 0.3) is 0 Å². The maximum absolute atomic E-state index is 6.59. The second-order valence-corrected chi connectivity index (χ2v) is 19.6. The van der Waals surface area contributed by atoms with Crippen molar-refractivity contribution in [3.05, 3.63) is 224 Å². The highest BCUT2D eigenvalue weighted by Gasteiger charge is 2.49. The SMILES string of the molecule is c1ccc(-c2nc(-c3cc(-c4ccccc4)c4c(c3)[Si](c3ccccc3)(c3ccccc3)c3ccccc3-4)nc(-c3cc(-c4ccccc4)c4c(c3)oc3ccccc34)n2)cc1. The van der Waals surface area contributed by atoms with Crippen LogP contribution in [-0.4, -0.2) is 23.0 Å². The Labute approximate surface area is 360 Å². The molecule has 0 fully saturated rings. The summed E-state index contributed by atoms with van der Waals surface area (Å²) in [5.41, 5.74) is 11.3. The Hall–Kier alpha value is -7.99. The number of para-hydroxylation sites is 1. The molecule has 0 aliphatic carbocycles. The Morgan fingerprint density at radius 1 is 0.323 bits per heavy atom. The fourth-order valence-corrected chi connectivity index (χ4v) is 14.9. The molecule has 0 saturated carbocycles. The topological polar surface area (TPSA) is 51.8 Å². The molecule has 0 radical (unpaired) electrons. The van der Waals surface area contributed by atoms with Crippen LogP contribution in [0.25, 0.3) is 89.5 Å². The molecule has 11 aromatic rings. The van der Waals surface area contributed by atoms with Gasteiger partial charge in [0.2, 0.25) is 0 Å². The number of rotatable bonds is 7. The average Bonchev–Trinajstić information content (AvgIpc) is 3.88. The smallest absolute Gasteiger partial charge is 0.180 e. The van der Waals surface area contributed by atoms with E-state index in [9.17, 15) is 0 Å². The largest absolute Gasteiger partial charge is 0.456 e. The van der Waals surface area contributed by atoms with Gasteiger partial charge in [0, 0.05) is 27.5 Å². The van der Waals surface area contributed by atoms with E-state index in [0.717, 1.165) is 60.9 Å². The lowest BCUT2D eigenvalue weighted by Gasteiger charge is -2.31. The molecule has 0 spiro atoms. The first-order valence-corrected chi connectivity index (χ1v) is 23.0. The van der Waals surface area contributed by atoms with Gasteiger partial charge in [0.1, 0.15) is 11.2 Å². The zero-order chi connectivity index (χ0) is 41.0. The van der Waals surface area contributed by atoms with E-state index in [1.54, 1.807) is 0 Å². The average molecular weight is 808 g/mol. The molecule has 2 aromatic heterocycles. The van der Waals surface area contributed by atoms with Crippen LogP contribution in [0.4, 0.5) is 0 Å². The summed E-state index contributed by atoms with van der Waals surface area (Å²) in [6.07, 6.45) is 0. The van der Waals surface area contributed by atoms with Gasteiger partial charge in [-0.1, -0.05) is 200 Å². The maximum Gasteiger partial charge on any atom is 0.180 e. The minimum absolute atomic E-state index is 0.577. The van der Waals surface area contributed by atoms with Gasteiger partial charge < -0.3 is 4.42 Å². The molecule has 0 bridgehead atoms. The molecule has 1 aliphatic rings. The first-order chi connectivity index (χ1) is 30.7. The Bertz CT molecular complexity index is 3410. The quantitative estimate of drug-likeness (QED) is 0.151. The van der Waals surface area contributed by atoms with Crippen LogP contribution in [-0.2, 0) is 0 Å². The van der Waals surface area contributed by atoms with Crippen molar-refractivity contribution >= 4 is 50.8 Å². The predicted octanol–water partition coefficient (Wildman–Crippen LogP) is 11.5. The first-order valence-electron chi connectivity index (χ1n) is 21.0. The lowest BCUT2D eigenvalue weighted by molar-refractivity contribution is 0.669. The van der Waals surface area contributed by atoms with Crippen LogP contribution in [0.2, 0.25) is 0 Å². The van der Waals surface area contributed by atoms with E-state index in [-0.39, 0.29) is 0 Å². The van der Waals surface area contributed by atoms with Gasteiger partial charge in [0.05, 0.1) is 0 Å². The summed E-state index contributed by atoms with van der Waals surface area (Å²) in [5, 5.41) is 7.53. The fourth-order valence-electron chi connectivity index (χ4n) is 9.72. The molecular formula is C57H37N3OSi. The number of aromatic nitrogens is 3. The summed E-state index contributed by atoms with van der Waals surface area (Å²) in [7, 11) is -2.88. The zero-order valence-electron chi connectivity index (χ0n) is 33.6. The van der Waals surface area contributed by atoms with Crippen molar-refractivity contribution in [1.82, 2.24) is 15.0 Å². The Morgan fingerprint density at radius 2 is 0.790 bits per heavy atom. The van der Waals surface area contributed by atoms with Crippen LogP contribution < -0.4 is 20.7 Å². The summed E-state index contributed by atoms with van der Waals surface area (Å²) < 4.78 is 6.59. The molecule has 3 heterocycles. The maximum atomic E-state index is 6.59. The third-order valence-electron chi connectivity index (χ3n) is 12.4. The number of nitrogens with zero attached hydrogens (tertiary/aromatic N) is 3. The van der Waals surface area contributed by atoms with Gasteiger partial charge in [-0.2, -0.15) is 0 Å². The van der Waals surface area contributed by atoms with E-state index >= 15 is 0 Å². The number of benzene rings is 9. The number of fused-ring (bicyclic) bond motifs is 6. The van der Waals surface area contributed by atoms with Crippen molar-refractivity contribution in [2.75, 3.05) is 0 Å². The summed E-state index contributed by atoms with van der Waals surface area (Å²) in [6.45, 7) is 0. The van der Waals surface area contributed by atoms with E-state index < -0.39 is 8.07 Å². The lowest BCUT2D eigenvalue weighted by atomic mass is 9.92. The van der Waals surface area contributed by atoms with Gasteiger partial charge in [-0.25, -0.2) is 15.0 Å². The molecule has 5 heteroatoms. The summed E-state index contributed by atoms with van der Waals surface area (Å²) in [5.74, 6) is 1.80. The van der Waals surface area contributed by atoms with Crippen molar-refractivity contribution in [3.63, 3.8) is 0 Å². The van der Waals surface area contributed by atoms with Crippen molar-refractivity contribution in [2.45, 2.75) is 0 Å². The molecule has 0 amide bonds. The van der Waals surface area contributed by atoms with Crippen molar-refractivity contribution in [3.8, 4) is 67.5 Å². The third-order valence-corrected chi connectivity index (χ3v) is 17.2. The van der Waals surface area contributed by atoms with Crippen molar-refractivity contribution in [2.24, 2.45) is 0 Å². The highest BCUT2D eigenvalue weighted by molar-refractivity contribution is 7.22. The number of hydrogen-bond acceptors (Lipinski definition) is 4. The molecule has 1 aliphatic heterocycles. The molecule has 9 aromatic carbocycles. The molecular weight excluding hydrogens is 771 g/mol. The Morgan fingerprint density at radius 3 is 1.42 bits per heavy atom. The standard InChI is InChI=1S/C57H37N3OSi/c1-6-20-38(21-7-1)47-34-41(36-50-53(47)45-30-16-18-32-49(45)61-50)56-58-55(40-24-10-3-11-25-40)59-57(60-56)42-35-48(39-22-8-2-9-23-39)54-46-31-17-19-33-51(46)62(52(54)37-42,43-26-12-4-13-27-43)44-28-14-5-15-29-44/h1-37H. The van der Waals surface area contributed by atoms with Crippen molar-refractivity contribution in [1.29, 1.82) is 0 Å². The molecule has 0 atom stereocenters. The molecule has 4 nitrogen and oxygen atoms in total. The highest BCUT2D eigenvalue weighted by Crippen LogP contribution is 2.42. The van der Waals surface area contributed by atoms with Crippen LogP contribution in [0.3, 0.4) is 0 Å². The second-order valence-electron chi connectivity index (χ2n) is 15.9. The van der Waals surface area contributed by atoms with Gasteiger partial charge in [-0.05, 0) is 78.4 Å². The zero-order valence-corrected chi connectivity index (χ0v) is 34.6. The molecule has 0 saturated heterocycles. The fraction of sp³-hybridized carbons (Fsp3) is 0. The van der Waals surface area contributed by atoms with Crippen LogP contribution in [0.5, 0.6) is 0 Å². The Balaban J connectivity index is 1.17. The van der Waals surface area contributed by atoms with E-state index in [4.69, 9.17) is 19.4 Å². The predicted molar refractivity (Wildman–Crippen MR) is 257 cm³/mol. The van der Waals surface area contributed by atoms with Gasteiger partial charge in [-0.3, -0.25) is 0 Å². The summed E-state index contributed by atoms with van der Waals surface area (Å²) in [6, 6.07) is 80.1. The molecule has 0 unspecified atom stereocenters. The molecule has 290 valence electrons. The van der Waals surface area contributed by atoms with Crippen LogP contribution in [0, 0.1) is 0 Å². The summed E-state index contributed by atoms with van der Waals surface area (Å²) >= 11 is 0. The van der Waals surface area contributed by atoms with Crippen molar-refractivity contribution < 1.29 is 4.42 Å². The van der Waals surface area contributed by atoms with E-state index in [2.05, 4.69) is 188 Å². The third kappa shape index (κ3) is 5.70. The van der Waals surface area contributed by atoms with E-state index in [1.165, 1.54) is 31.9 Å². The van der Waals surface area contributed by atoms with Crippen LogP contribution >= 0.6 is 0 Å². The summed E-state index contributed by atoms with van der Waals surface area (Å²) in [4.78, 5) is 16.0. The van der Waals surface area contributed by atoms with Crippen LogP contribution in [0.1, 0.15) is 0 Å². The lowest BCUT2D eigenvalue weighted by Crippen LogP contribution is -2.72. The monoisotopic (exact) mass is 807 g/mol. The van der Waals surface area contributed by atoms with E-state index in [1.807, 2.05) is 36.4 Å². The van der Waals surface area contributed by atoms with Gasteiger partial charge in [0.15, 0.2) is 25.5 Å². The Kier molecular flexibility index (Phi) is 8.47. The number of furan rings is 1. The number of hydrogen-bond donors (Lipinski definition) is 0. The molecule has 12 rings (SSSR count). The highest BCUT2D eigenvalue weighted by atomic mass is 28.3. The van der Waals surface area contributed by atoms with Crippen LogP contribution in [0.15, 0.2) is 229 Å². The van der Waals surface area contributed by atoms with Gasteiger partial charge >= 0.3 is 0 Å². The normalized spacial score (nSPS) is 12.6. The first kappa shape index (κ1) is 35.9. The minimum atomic E-state index is -2.88. The molecule has 62 heavy (non-hydrogen) atoms.